The predicted molar refractivity (Wildman–Crippen MR) is 116 cm³/mol. The van der Waals surface area contributed by atoms with Crippen molar-refractivity contribution in [1.82, 2.24) is 0 Å². The average molecular weight is 438 g/mol. The molecule has 1 aromatic rings. The zero-order chi connectivity index (χ0) is 21.7. The van der Waals surface area contributed by atoms with E-state index in [1.165, 1.54) is 17.0 Å². The van der Waals surface area contributed by atoms with Crippen LogP contribution in [0.5, 0.6) is 5.75 Å². The van der Waals surface area contributed by atoms with Gasteiger partial charge in [-0.25, -0.2) is 4.39 Å². The molecule has 0 saturated heterocycles. The third-order valence-electron chi connectivity index (χ3n) is 5.22. The number of carbonyl (C=O) groups is 1. The Morgan fingerprint density at radius 3 is 2.43 bits per heavy atom. The number of allylic oxidation sites excluding steroid dienone is 2. The molecule has 1 aliphatic heterocycles. The summed E-state index contributed by atoms with van der Waals surface area (Å²) in [5.41, 5.74) is 3.81. The molecule has 164 valence electrons. The van der Waals surface area contributed by atoms with Crippen LogP contribution in [0.25, 0.3) is 0 Å². The van der Waals surface area contributed by atoms with Crippen molar-refractivity contribution in [3.8, 4) is 5.75 Å². The summed E-state index contributed by atoms with van der Waals surface area (Å²) in [7, 11) is 0. The SMILES string of the molecule is CCOCCOCCOc1cc(N2C(=O)C3=C(CCCC3)C2=C(C)C)c(F)cc1Cl. The van der Waals surface area contributed by atoms with Crippen molar-refractivity contribution in [3.63, 3.8) is 0 Å². The first kappa shape index (κ1) is 22.8. The second-order valence-corrected chi connectivity index (χ2v) is 7.95. The van der Waals surface area contributed by atoms with E-state index < -0.39 is 5.82 Å². The molecular formula is C23H29ClFNO4. The molecule has 3 rings (SSSR count). The van der Waals surface area contributed by atoms with Gasteiger partial charge >= 0.3 is 0 Å². The average Bonchev–Trinajstić information content (AvgIpc) is 3.01. The number of ether oxygens (including phenoxy) is 3. The van der Waals surface area contributed by atoms with Gasteiger partial charge in [0.2, 0.25) is 0 Å². The molecule has 7 heteroatoms. The Morgan fingerprint density at radius 1 is 1.07 bits per heavy atom. The van der Waals surface area contributed by atoms with Crippen LogP contribution in [0.1, 0.15) is 46.5 Å². The molecule has 1 aliphatic carbocycles. The molecule has 1 amide bonds. The van der Waals surface area contributed by atoms with E-state index in [1.54, 1.807) is 0 Å². The minimum absolute atomic E-state index is 0.146. The quantitative estimate of drug-likeness (QED) is 0.484. The number of amides is 1. The molecule has 5 nitrogen and oxygen atoms in total. The Balaban J connectivity index is 1.78. The van der Waals surface area contributed by atoms with Crippen molar-refractivity contribution in [2.24, 2.45) is 0 Å². The molecule has 0 N–H and O–H groups in total. The van der Waals surface area contributed by atoms with E-state index in [4.69, 9.17) is 25.8 Å². The van der Waals surface area contributed by atoms with Gasteiger partial charge in [-0.2, -0.15) is 0 Å². The largest absolute Gasteiger partial charge is 0.490 e. The molecule has 0 fully saturated rings. The normalized spacial score (nSPS) is 16.4. The summed E-state index contributed by atoms with van der Waals surface area (Å²) >= 11 is 6.20. The zero-order valence-electron chi connectivity index (χ0n) is 17.9. The minimum atomic E-state index is -0.549. The topological polar surface area (TPSA) is 48.0 Å². The lowest BCUT2D eigenvalue weighted by Crippen LogP contribution is -2.27. The van der Waals surface area contributed by atoms with Crippen molar-refractivity contribution < 1.29 is 23.4 Å². The first-order valence-corrected chi connectivity index (χ1v) is 10.8. The maximum Gasteiger partial charge on any atom is 0.259 e. The number of rotatable bonds is 9. The number of anilines is 1. The number of carbonyl (C=O) groups excluding carboxylic acids is 1. The van der Waals surface area contributed by atoms with Crippen LogP contribution in [0.3, 0.4) is 0 Å². The summed E-state index contributed by atoms with van der Waals surface area (Å²) in [6.45, 7) is 8.09. The lowest BCUT2D eigenvalue weighted by Gasteiger charge is -2.23. The molecule has 0 bridgehead atoms. The van der Waals surface area contributed by atoms with Crippen LogP contribution in [0.2, 0.25) is 5.02 Å². The van der Waals surface area contributed by atoms with Gasteiger partial charge in [0.15, 0.2) is 0 Å². The van der Waals surface area contributed by atoms with Gasteiger partial charge in [0.05, 0.1) is 36.2 Å². The third-order valence-corrected chi connectivity index (χ3v) is 5.51. The third kappa shape index (κ3) is 4.88. The van der Waals surface area contributed by atoms with Crippen molar-refractivity contribution in [3.05, 3.63) is 45.4 Å². The van der Waals surface area contributed by atoms with Crippen molar-refractivity contribution in [2.45, 2.75) is 46.5 Å². The van der Waals surface area contributed by atoms with Crippen LogP contribution in [0.15, 0.2) is 34.5 Å². The highest BCUT2D eigenvalue weighted by molar-refractivity contribution is 6.32. The first-order chi connectivity index (χ1) is 14.5. The standard InChI is InChI=1S/C23H29ClFNO4/c1-4-28-9-10-29-11-12-30-21-14-20(19(25)13-18(21)24)26-22(15(2)3)16-7-5-6-8-17(16)23(26)27/h13-14H,4-12H2,1-3H3. The first-order valence-electron chi connectivity index (χ1n) is 10.5. The molecule has 0 saturated carbocycles. The van der Waals surface area contributed by atoms with Crippen molar-refractivity contribution in [2.75, 3.05) is 37.9 Å². The molecule has 2 aliphatic rings. The maximum atomic E-state index is 14.9. The fourth-order valence-corrected chi connectivity index (χ4v) is 4.11. The van der Waals surface area contributed by atoms with E-state index in [1.807, 2.05) is 20.8 Å². The van der Waals surface area contributed by atoms with E-state index in [0.717, 1.165) is 48.1 Å². The van der Waals surface area contributed by atoms with Gasteiger partial charge < -0.3 is 14.2 Å². The Hall–Kier alpha value is -1.89. The van der Waals surface area contributed by atoms with Gasteiger partial charge in [-0.1, -0.05) is 17.2 Å². The number of hydrogen-bond acceptors (Lipinski definition) is 4. The monoisotopic (exact) mass is 437 g/mol. The number of hydrogen-bond donors (Lipinski definition) is 0. The zero-order valence-corrected chi connectivity index (χ0v) is 18.6. The van der Waals surface area contributed by atoms with Crippen LogP contribution in [0.4, 0.5) is 10.1 Å². The molecule has 0 radical (unpaired) electrons. The molecule has 1 aromatic carbocycles. The molecular weight excluding hydrogens is 409 g/mol. The Bertz CT molecular complexity index is 861. The minimum Gasteiger partial charge on any atom is -0.490 e. The van der Waals surface area contributed by atoms with Crippen LogP contribution < -0.4 is 9.64 Å². The lowest BCUT2D eigenvalue weighted by atomic mass is 9.91. The Kier molecular flexibility index (Phi) is 7.92. The fourth-order valence-electron chi connectivity index (χ4n) is 3.90. The highest BCUT2D eigenvalue weighted by Crippen LogP contribution is 2.44. The molecule has 0 atom stereocenters. The van der Waals surface area contributed by atoms with Gasteiger partial charge in [0.1, 0.15) is 18.2 Å². The molecule has 30 heavy (non-hydrogen) atoms. The number of benzene rings is 1. The Morgan fingerprint density at radius 2 is 1.73 bits per heavy atom. The van der Waals surface area contributed by atoms with E-state index in [-0.39, 0.29) is 23.2 Å². The second kappa shape index (κ2) is 10.4. The van der Waals surface area contributed by atoms with Crippen LogP contribution in [-0.2, 0) is 14.3 Å². The van der Waals surface area contributed by atoms with E-state index in [0.29, 0.717) is 32.2 Å². The number of halogens is 2. The molecule has 0 aromatic heterocycles. The fraction of sp³-hybridized carbons (Fsp3) is 0.522. The summed E-state index contributed by atoms with van der Waals surface area (Å²) in [5, 5.41) is 0.161. The van der Waals surface area contributed by atoms with Gasteiger partial charge in [0.25, 0.3) is 5.91 Å². The summed E-state index contributed by atoms with van der Waals surface area (Å²) in [5.74, 6) is -0.369. The van der Waals surface area contributed by atoms with Crippen LogP contribution in [-0.4, -0.2) is 38.9 Å². The lowest BCUT2D eigenvalue weighted by molar-refractivity contribution is -0.114. The van der Waals surface area contributed by atoms with Crippen LogP contribution in [0, 0.1) is 5.82 Å². The Labute approximate surface area is 182 Å². The van der Waals surface area contributed by atoms with Gasteiger partial charge in [-0.15, -0.1) is 0 Å². The second-order valence-electron chi connectivity index (χ2n) is 7.55. The molecule has 0 unspecified atom stereocenters. The van der Waals surface area contributed by atoms with Crippen molar-refractivity contribution >= 4 is 23.2 Å². The van der Waals surface area contributed by atoms with Gasteiger partial charge in [-0.3, -0.25) is 9.69 Å². The summed E-state index contributed by atoms with van der Waals surface area (Å²) in [6, 6.07) is 2.71. The van der Waals surface area contributed by atoms with Crippen LogP contribution >= 0.6 is 11.6 Å². The summed E-state index contributed by atoms with van der Waals surface area (Å²) in [4.78, 5) is 14.6. The van der Waals surface area contributed by atoms with Crippen molar-refractivity contribution in [1.29, 1.82) is 0 Å². The highest BCUT2D eigenvalue weighted by Gasteiger charge is 2.38. The smallest absolute Gasteiger partial charge is 0.259 e. The number of nitrogens with zero attached hydrogens (tertiary/aromatic N) is 1. The summed E-state index contributed by atoms with van der Waals surface area (Å²) in [6.07, 6.45) is 3.60. The molecule has 0 spiro atoms. The molecule has 1 heterocycles. The maximum absolute atomic E-state index is 14.9. The van der Waals surface area contributed by atoms with E-state index >= 15 is 0 Å². The van der Waals surface area contributed by atoms with Gasteiger partial charge in [-0.05, 0) is 58.1 Å². The van der Waals surface area contributed by atoms with E-state index in [9.17, 15) is 9.18 Å². The highest BCUT2D eigenvalue weighted by atomic mass is 35.5. The summed E-state index contributed by atoms with van der Waals surface area (Å²) < 4.78 is 31.3. The predicted octanol–water partition coefficient (Wildman–Crippen LogP) is 5.42. The van der Waals surface area contributed by atoms with Gasteiger partial charge in [0, 0.05) is 18.2 Å². The van der Waals surface area contributed by atoms with E-state index in [2.05, 4.69) is 0 Å².